The van der Waals surface area contributed by atoms with Gasteiger partial charge in [-0.15, -0.1) is 0 Å². The van der Waals surface area contributed by atoms with Gasteiger partial charge in [0.15, 0.2) is 0 Å². The van der Waals surface area contributed by atoms with Crippen molar-refractivity contribution < 1.29 is 19.0 Å². The number of methoxy groups -OCH3 is 2. The van der Waals surface area contributed by atoms with Crippen molar-refractivity contribution in [3.8, 4) is 23.3 Å². The highest BCUT2D eigenvalue weighted by Gasteiger charge is 2.11. The number of hydrogen-bond acceptors (Lipinski definition) is 6. The van der Waals surface area contributed by atoms with E-state index >= 15 is 0 Å². The van der Waals surface area contributed by atoms with E-state index in [1.54, 1.807) is 42.5 Å². The number of rotatable bonds is 6. The van der Waals surface area contributed by atoms with Crippen LogP contribution in [0.4, 0.5) is 5.69 Å². The summed E-state index contributed by atoms with van der Waals surface area (Å²) in [6.07, 6.45) is 0. The van der Waals surface area contributed by atoms with Crippen LogP contribution in [0.2, 0.25) is 0 Å². The number of amides is 1. The minimum absolute atomic E-state index is 0.263. The summed E-state index contributed by atoms with van der Waals surface area (Å²) in [5, 5.41) is 2.84. The SMILES string of the molecule is COc1cc(OC)cc(C(=O)Nc2cccc(Oc3nc(C)cc(C)n3)c2)c1. The Morgan fingerprint density at radius 1 is 0.857 bits per heavy atom. The van der Waals surface area contributed by atoms with Crippen molar-refractivity contribution in [3.05, 3.63) is 65.5 Å². The van der Waals surface area contributed by atoms with Crippen molar-refractivity contribution in [2.75, 3.05) is 19.5 Å². The van der Waals surface area contributed by atoms with E-state index in [-0.39, 0.29) is 11.9 Å². The third-order valence-electron chi connectivity index (χ3n) is 3.88. The van der Waals surface area contributed by atoms with E-state index in [4.69, 9.17) is 14.2 Å². The average molecular weight is 379 g/mol. The molecule has 1 heterocycles. The zero-order chi connectivity index (χ0) is 20.1. The predicted octanol–water partition coefficient (Wildman–Crippen LogP) is 4.16. The second-order valence-corrected chi connectivity index (χ2v) is 6.12. The molecule has 1 aromatic heterocycles. The van der Waals surface area contributed by atoms with Gasteiger partial charge in [-0.1, -0.05) is 6.07 Å². The molecule has 0 unspecified atom stereocenters. The molecule has 0 bridgehead atoms. The van der Waals surface area contributed by atoms with Crippen LogP contribution in [0, 0.1) is 13.8 Å². The molecule has 3 aromatic rings. The first kappa shape index (κ1) is 19.2. The fraction of sp³-hybridized carbons (Fsp3) is 0.190. The molecule has 0 aliphatic heterocycles. The van der Waals surface area contributed by atoms with Crippen molar-refractivity contribution in [2.24, 2.45) is 0 Å². The maximum absolute atomic E-state index is 12.6. The molecule has 0 spiro atoms. The van der Waals surface area contributed by atoms with E-state index < -0.39 is 0 Å². The van der Waals surface area contributed by atoms with Gasteiger partial charge >= 0.3 is 6.01 Å². The number of ether oxygens (including phenoxy) is 3. The van der Waals surface area contributed by atoms with Crippen LogP contribution < -0.4 is 19.5 Å². The number of benzene rings is 2. The standard InChI is InChI=1S/C21H21N3O4/c1-13-8-14(2)23-21(22-13)28-17-7-5-6-16(11-17)24-20(25)15-9-18(26-3)12-19(10-15)27-4/h5-12H,1-4H3,(H,24,25). The predicted molar refractivity (Wildman–Crippen MR) is 106 cm³/mol. The van der Waals surface area contributed by atoms with Crippen LogP contribution in [0.15, 0.2) is 48.5 Å². The second-order valence-electron chi connectivity index (χ2n) is 6.12. The van der Waals surface area contributed by atoms with Gasteiger partial charge in [0.25, 0.3) is 5.91 Å². The molecule has 2 aromatic carbocycles. The zero-order valence-corrected chi connectivity index (χ0v) is 16.1. The average Bonchev–Trinajstić information content (AvgIpc) is 2.67. The fourth-order valence-corrected chi connectivity index (χ4v) is 2.62. The molecule has 0 aliphatic rings. The first-order chi connectivity index (χ1) is 13.5. The molecule has 0 atom stereocenters. The van der Waals surface area contributed by atoms with Crippen molar-refractivity contribution >= 4 is 11.6 Å². The molecule has 0 saturated carbocycles. The Labute approximate surface area is 163 Å². The number of nitrogens with one attached hydrogen (secondary N) is 1. The van der Waals surface area contributed by atoms with Gasteiger partial charge < -0.3 is 19.5 Å². The van der Waals surface area contributed by atoms with Gasteiger partial charge in [-0.05, 0) is 44.2 Å². The van der Waals surface area contributed by atoms with Crippen LogP contribution in [0.3, 0.4) is 0 Å². The smallest absolute Gasteiger partial charge is 0.322 e. The molecule has 0 fully saturated rings. The summed E-state index contributed by atoms with van der Waals surface area (Å²) < 4.78 is 16.1. The molecule has 1 amide bonds. The Hall–Kier alpha value is -3.61. The molecular formula is C21H21N3O4. The summed E-state index contributed by atoms with van der Waals surface area (Å²) in [6.45, 7) is 3.75. The van der Waals surface area contributed by atoms with E-state index in [0.29, 0.717) is 28.5 Å². The molecule has 28 heavy (non-hydrogen) atoms. The summed E-state index contributed by atoms with van der Waals surface area (Å²) >= 11 is 0. The van der Waals surface area contributed by atoms with Gasteiger partial charge in [0.1, 0.15) is 17.2 Å². The highest BCUT2D eigenvalue weighted by molar-refractivity contribution is 6.04. The third-order valence-corrected chi connectivity index (χ3v) is 3.88. The van der Waals surface area contributed by atoms with E-state index in [0.717, 1.165) is 11.4 Å². The molecule has 1 N–H and O–H groups in total. The fourth-order valence-electron chi connectivity index (χ4n) is 2.62. The van der Waals surface area contributed by atoms with Gasteiger partial charge in [0.05, 0.1) is 14.2 Å². The third kappa shape index (κ3) is 4.76. The zero-order valence-electron chi connectivity index (χ0n) is 16.1. The van der Waals surface area contributed by atoms with Crippen molar-refractivity contribution in [3.63, 3.8) is 0 Å². The summed E-state index contributed by atoms with van der Waals surface area (Å²) in [7, 11) is 3.07. The van der Waals surface area contributed by atoms with Crippen LogP contribution in [0.1, 0.15) is 21.7 Å². The first-order valence-corrected chi connectivity index (χ1v) is 8.61. The molecule has 0 aliphatic carbocycles. The van der Waals surface area contributed by atoms with Crippen LogP contribution in [0.5, 0.6) is 23.3 Å². The van der Waals surface area contributed by atoms with Gasteiger partial charge in [-0.2, -0.15) is 0 Å². The van der Waals surface area contributed by atoms with Crippen molar-refractivity contribution in [1.29, 1.82) is 0 Å². The molecule has 0 radical (unpaired) electrons. The van der Waals surface area contributed by atoms with Crippen LogP contribution in [0.25, 0.3) is 0 Å². The van der Waals surface area contributed by atoms with Gasteiger partial charge in [0, 0.05) is 34.8 Å². The van der Waals surface area contributed by atoms with Crippen molar-refractivity contribution in [2.45, 2.75) is 13.8 Å². The highest BCUT2D eigenvalue weighted by atomic mass is 16.5. The number of carbonyl (C=O) groups excluding carboxylic acids is 1. The Morgan fingerprint density at radius 2 is 1.50 bits per heavy atom. The van der Waals surface area contributed by atoms with E-state index in [9.17, 15) is 4.79 Å². The largest absolute Gasteiger partial charge is 0.497 e. The lowest BCUT2D eigenvalue weighted by Crippen LogP contribution is -2.12. The Bertz CT molecular complexity index is 962. The lowest BCUT2D eigenvalue weighted by Gasteiger charge is -2.10. The second kappa shape index (κ2) is 8.39. The molecule has 0 saturated heterocycles. The Kier molecular flexibility index (Phi) is 5.74. The lowest BCUT2D eigenvalue weighted by atomic mass is 10.1. The maximum atomic E-state index is 12.6. The van der Waals surface area contributed by atoms with Gasteiger partial charge in [-0.25, -0.2) is 9.97 Å². The minimum atomic E-state index is -0.294. The van der Waals surface area contributed by atoms with E-state index in [1.165, 1.54) is 14.2 Å². The van der Waals surface area contributed by atoms with Gasteiger partial charge in [0.2, 0.25) is 0 Å². The maximum Gasteiger partial charge on any atom is 0.322 e. The number of carbonyl (C=O) groups is 1. The van der Waals surface area contributed by atoms with Crippen LogP contribution in [-0.2, 0) is 0 Å². The number of nitrogens with zero attached hydrogens (tertiary/aromatic N) is 2. The minimum Gasteiger partial charge on any atom is -0.497 e. The van der Waals surface area contributed by atoms with Crippen LogP contribution >= 0.6 is 0 Å². The monoisotopic (exact) mass is 379 g/mol. The van der Waals surface area contributed by atoms with Crippen LogP contribution in [-0.4, -0.2) is 30.1 Å². The molecule has 144 valence electrons. The topological polar surface area (TPSA) is 82.6 Å². The van der Waals surface area contributed by atoms with Crippen molar-refractivity contribution in [1.82, 2.24) is 9.97 Å². The molecule has 7 heteroatoms. The Balaban J connectivity index is 1.78. The molecule has 7 nitrogen and oxygen atoms in total. The van der Waals surface area contributed by atoms with Gasteiger partial charge in [-0.3, -0.25) is 4.79 Å². The normalized spacial score (nSPS) is 10.3. The highest BCUT2D eigenvalue weighted by Crippen LogP contribution is 2.25. The summed E-state index contributed by atoms with van der Waals surface area (Å²) in [5.74, 6) is 1.30. The first-order valence-electron chi connectivity index (χ1n) is 8.61. The number of hydrogen-bond donors (Lipinski definition) is 1. The number of aromatic nitrogens is 2. The number of aryl methyl sites for hydroxylation is 2. The summed E-state index contributed by atoms with van der Waals surface area (Å²) in [4.78, 5) is 21.1. The van der Waals surface area contributed by atoms with E-state index in [2.05, 4.69) is 15.3 Å². The quantitative estimate of drug-likeness (QED) is 0.693. The van der Waals surface area contributed by atoms with E-state index in [1.807, 2.05) is 19.9 Å². The summed E-state index contributed by atoms with van der Waals surface area (Å²) in [5.41, 5.74) is 2.63. The molecular weight excluding hydrogens is 358 g/mol. The summed E-state index contributed by atoms with van der Waals surface area (Å²) in [6, 6.07) is 14.1. The molecule has 3 rings (SSSR count). The Morgan fingerprint density at radius 3 is 2.11 bits per heavy atom. The number of anilines is 1. The lowest BCUT2D eigenvalue weighted by molar-refractivity contribution is 0.102.